The van der Waals surface area contributed by atoms with Crippen molar-refractivity contribution in [3.05, 3.63) is 77.1 Å². The van der Waals surface area contributed by atoms with Gasteiger partial charge >= 0.3 is 6.18 Å². The first-order chi connectivity index (χ1) is 23.2. The van der Waals surface area contributed by atoms with Crippen LogP contribution in [0.4, 0.5) is 22.0 Å². The highest BCUT2D eigenvalue weighted by molar-refractivity contribution is 5.78. The van der Waals surface area contributed by atoms with E-state index in [2.05, 4.69) is 29.5 Å². The number of benzene rings is 1. The minimum Gasteiger partial charge on any atom is -0.491 e. The number of halogens is 5. The van der Waals surface area contributed by atoms with Crippen LogP contribution in [0, 0.1) is 11.6 Å². The zero-order chi connectivity index (χ0) is 33.4. The van der Waals surface area contributed by atoms with Gasteiger partial charge in [-0.2, -0.15) is 18.3 Å². The summed E-state index contributed by atoms with van der Waals surface area (Å²) in [5.41, 5.74) is 2.56. The molecular formula is C32H31F5N8O3. The molecule has 6 heterocycles. The average molecular weight is 671 g/mol. The first-order valence-electron chi connectivity index (χ1n) is 15.5. The molecule has 5 aromatic rings. The third-order valence-corrected chi connectivity index (χ3v) is 8.70. The van der Waals surface area contributed by atoms with Crippen LogP contribution >= 0.6 is 0 Å². The van der Waals surface area contributed by atoms with Crippen molar-refractivity contribution in [2.75, 3.05) is 26.8 Å². The summed E-state index contributed by atoms with van der Waals surface area (Å²) < 4.78 is 85.9. The Hall–Kier alpha value is -4.70. The van der Waals surface area contributed by atoms with Crippen LogP contribution in [0.25, 0.3) is 22.6 Å². The third kappa shape index (κ3) is 6.54. The van der Waals surface area contributed by atoms with Crippen molar-refractivity contribution in [1.82, 2.24) is 39.6 Å². The molecule has 1 atom stereocenters. The Morgan fingerprint density at radius 2 is 1.85 bits per heavy atom. The molecule has 1 aromatic carbocycles. The standard InChI is InChI=1S/C32H31F5N8O3/c1-46-29-21(33)6-5-19(28(29)34)17-48-27-4-2-3-22(40-27)18-7-10-44(11-8-18)16-26-39-23-13-24(30-41-31(43-42-30)32(35,36)37)38-14-25(23)45(26)15-20-9-12-47-20/h2-6,13-14,18,20H,7-12,15-17H2,1H3,(H,41,42,43)/t20-/m0/s1. The summed E-state index contributed by atoms with van der Waals surface area (Å²) in [6, 6.07) is 9.56. The van der Waals surface area contributed by atoms with Crippen molar-refractivity contribution in [2.24, 2.45) is 0 Å². The van der Waals surface area contributed by atoms with Crippen LogP contribution in [0.5, 0.6) is 11.6 Å². The van der Waals surface area contributed by atoms with E-state index in [1.54, 1.807) is 18.3 Å². The second kappa shape index (κ2) is 13.1. The molecule has 0 radical (unpaired) electrons. The highest BCUT2D eigenvalue weighted by Crippen LogP contribution is 2.32. The number of hydrogen-bond acceptors (Lipinski definition) is 9. The number of H-pyrrole nitrogens is 1. The maximum absolute atomic E-state index is 14.6. The molecule has 0 spiro atoms. The number of fused-ring (bicyclic) bond motifs is 1. The van der Waals surface area contributed by atoms with Crippen molar-refractivity contribution >= 4 is 11.0 Å². The Morgan fingerprint density at radius 1 is 1.04 bits per heavy atom. The molecule has 2 aliphatic heterocycles. The number of hydrogen-bond donors (Lipinski definition) is 1. The van der Waals surface area contributed by atoms with Gasteiger partial charge in [0.2, 0.25) is 11.7 Å². The highest BCUT2D eigenvalue weighted by Gasteiger charge is 2.35. The number of aromatic amines is 1. The Labute approximate surface area is 271 Å². The molecule has 16 heteroatoms. The summed E-state index contributed by atoms with van der Waals surface area (Å²) in [7, 11) is 1.21. The Morgan fingerprint density at radius 3 is 2.56 bits per heavy atom. The predicted octanol–water partition coefficient (Wildman–Crippen LogP) is 5.66. The fourth-order valence-electron chi connectivity index (χ4n) is 6.00. The lowest BCUT2D eigenvalue weighted by Gasteiger charge is -2.32. The van der Waals surface area contributed by atoms with E-state index >= 15 is 0 Å². The zero-order valence-corrected chi connectivity index (χ0v) is 25.8. The number of ether oxygens (including phenoxy) is 3. The Kier molecular flexibility index (Phi) is 8.68. The van der Waals surface area contributed by atoms with Gasteiger partial charge in [0.25, 0.3) is 0 Å². The van der Waals surface area contributed by atoms with E-state index in [0.29, 0.717) is 31.1 Å². The highest BCUT2D eigenvalue weighted by atomic mass is 19.4. The van der Waals surface area contributed by atoms with Crippen molar-refractivity contribution in [3.63, 3.8) is 0 Å². The van der Waals surface area contributed by atoms with Gasteiger partial charge in [0.05, 0.1) is 43.5 Å². The molecule has 0 unspecified atom stereocenters. The number of alkyl halides is 3. The van der Waals surface area contributed by atoms with Gasteiger partial charge in [-0.1, -0.05) is 6.07 Å². The van der Waals surface area contributed by atoms with E-state index in [4.69, 9.17) is 19.2 Å². The van der Waals surface area contributed by atoms with Gasteiger partial charge in [0.1, 0.15) is 18.1 Å². The van der Waals surface area contributed by atoms with Gasteiger partial charge in [0, 0.05) is 29.8 Å². The number of piperidine rings is 1. The van der Waals surface area contributed by atoms with E-state index in [1.807, 2.05) is 17.2 Å². The number of aromatic nitrogens is 7. The molecule has 11 nitrogen and oxygen atoms in total. The predicted molar refractivity (Wildman–Crippen MR) is 161 cm³/mol. The van der Waals surface area contributed by atoms with Gasteiger partial charge in [-0.25, -0.2) is 23.7 Å². The van der Waals surface area contributed by atoms with Gasteiger partial charge in [-0.3, -0.25) is 15.0 Å². The lowest BCUT2D eigenvalue weighted by Crippen LogP contribution is -2.35. The molecule has 1 N–H and O–H groups in total. The van der Waals surface area contributed by atoms with Crippen LogP contribution in [0.1, 0.15) is 48.1 Å². The van der Waals surface area contributed by atoms with Gasteiger partial charge in [-0.15, -0.1) is 0 Å². The van der Waals surface area contributed by atoms with Crippen molar-refractivity contribution in [3.8, 4) is 23.1 Å². The number of nitrogens with zero attached hydrogens (tertiary/aromatic N) is 7. The molecule has 252 valence electrons. The van der Waals surface area contributed by atoms with Gasteiger partial charge < -0.3 is 18.8 Å². The molecule has 2 saturated heterocycles. The third-order valence-electron chi connectivity index (χ3n) is 8.70. The monoisotopic (exact) mass is 670 g/mol. The number of likely N-dealkylation sites (tertiary alicyclic amines) is 1. The zero-order valence-electron chi connectivity index (χ0n) is 25.8. The summed E-state index contributed by atoms with van der Waals surface area (Å²) in [4.78, 5) is 19.8. The van der Waals surface area contributed by atoms with E-state index in [0.717, 1.165) is 55.5 Å². The summed E-state index contributed by atoms with van der Waals surface area (Å²) in [6.07, 6.45) is -0.396. The Bertz CT molecular complexity index is 1920. The second-order valence-corrected chi connectivity index (χ2v) is 11.8. The topological polar surface area (TPSA) is 116 Å². The first-order valence-corrected chi connectivity index (χ1v) is 15.5. The van der Waals surface area contributed by atoms with Crippen LogP contribution < -0.4 is 9.47 Å². The lowest BCUT2D eigenvalue weighted by atomic mass is 9.93. The fraction of sp³-hybridized carbons (Fsp3) is 0.406. The van der Waals surface area contributed by atoms with E-state index < -0.39 is 29.4 Å². The molecule has 2 aliphatic rings. The van der Waals surface area contributed by atoms with Crippen molar-refractivity contribution in [2.45, 2.75) is 57.2 Å². The number of methoxy groups -OCH3 is 1. The van der Waals surface area contributed by atoms with Crippen LogP contribution in [0.3, 0.4) is 0 Å². The quantitative estimate of drug-likeness (QED) is 0.188. The Balaban J connectivity index is 1.02. The molecule has 0 aliphatic carbocycles. The molecule has 7 rings (SSSR count). The van der Waals surface area contributed by atoms with Crippen molar-refractivity contribution < 1.29 is 36.2 Å². The molecule has 4 aromatic heterocycles. The van der Waals surface area contributed by atoms with Crippen LogP contribution in [-0.4, -0.2) is 72.5 Å². The molecule has 0 saturated carbocycles. The largest absolute Gasteiger partial charge is 0.491 e. The summed E-state index contributed by atoms with van der Waals surface area (Å²) in [5.74, 6) is -2.05. The summed E-state index contributed by atoms with van der Waals surface area (Å²) in [5, 5.41) is 5.63. The maximum Gasteiger partial charge on any atom is 0.451 e. The minimum absolute atomic E-state index is 0.0519. The van der Waals surface area contributed by atoms with E-state index in [1.165, 1.54) is 13.2 Å². The number of imidazole rings is 1. The second-order valence-electron chi connectivity index (χ2n) is 11.8. The maximum atomic E-state index is 14.6. The summed E-state index contributed by atoms with van der Waals surface area (Å²) in [6.45, 7) is 3.28. The van der Waals surface area contributed by atoms with E-state index in [-0.39, 0.29) is 35.7 Å². The first kappa shape index (κ1) is 31.9. The molecule has 0 amide bonds. The van der Waals surface area contributed by atoms with Crippen LogP contribution in [-0.2, 0) is 30.6 Å². The summed E-state index contributed by atoms with van der Waals surface area (Å²) >= 11 is 0. The lowest BCUT2D eigenvalue weighted by molar-refractivity contribution is -0.144. The number of rotatable bonds is 10. The minimum atomic E-state index is -4.64. The van der Waals surface area contributed by atoms with Gasteiger partial charge in [-0.05, 0) is 56.6 Å². The van der Waals surface area contributed by atoms with Gasteiger partial charge in [0.15, 0.2) is 23.2 Å². The molecule has 0 bridgehead atoms. The molecule has 48 heavy (non-hydrogen) atoms. The fourth-order valence-corrected chi connectivity index (χ4v) is 6.00. The SMILES string of the molecule is COc1c(F)ccc(COc2cccc(C3CCN(Cc4nc5cc(-c6n[nH]c(C(F)(F)F)n6)ncc5n4C[C@@H]4CCO4)CC3)n2)c1F. The van der Waals surface area contributed by atoms with Crippen LogP contribution in [0.15, 0.2) is 42.6 Å². The smallest absolute Gasteiger partial charge is 0.451 e. The van der Waals surface area contributed by atoms with Crippen LogP contribution in [0.2, 0.25) is 0 Å². The number of nitrogens with one attached hydrogen (secondary N) is 1. The molecular weight excluding hydrogens is 639 g/mol. The normalized spacial score (nSPS) is 17.5. The van der Waals surface area contributed by atoms with Crippen molar-refractivity contribution in [1.29, 1.82) is 0 Å². The average Bonchev–Trinajstić information content (AvgIpc) is 3.68. The molecule has 2 fully saturated rings. The number of pyridine rings is 2. The van der Waals surface area contributed by atoms with E-state index in [9.17, 15) is 22.0 Å².